The van der Waals surface area contributed by atoms with Crippen molar-refractivity contribution in [2.24, 2.45) is 23.2 Å². The van der Waals surface area contributed by atoms with Gasteiger partial charge in [0.05, 0.1) is 44.9 Å². The monoisotopic (exact) mass is 418 g/mol. The Kier molecular flexibility index (Phi) is 5.74. The smallest absolute Gasteiger partial charge is 0.315 e. The Hall–Kier alpha value is -0.910. The highest BCUT2D eigenvalue weighted by Crippen LogP contribution is 2.55. The highest BCUT2D eigenvalue weighted by Gasteiger charge is 2.60. The quantitative estimate of drug-likeness (QED) is 0.459. The van der Waals surface area contributed by atoms with Gasteiger partial charge in [0.25, 0.3) is 0 Å². The van der Waals surface area contributed by atoms with E-state index in [2.05, 4.69) is 19.9 Å². The van der Waals surface area contributed by atoms with Gasteiger partial charge in [-0.1, -0.05) is 25.5 Å². The van der Waals surface area contributed by atoms with Crippen molar-refractivity contribution in [3.05, 3.63) is 11.6 Å². The average molecular weight is 419 g/mol. The topological polar surface area (TPSA) is 55.4 Å². The van der Waals surface area contributed by atoms with E-state index in [0.717, 1.165) is 31.8 Å². The van der Waals surface area contributed by atoms with Gasteiger partial charge in [-0.05, 0) is 38.0 Å². The van der Waals surface area contributed by atoms with Crippen LogP contribution in [0.4, 0.5) is 0 Å². The van der Waals surface area contributed by atoms with Gasteiger partial charge >= 0.3 is 5.97 Å². The minimum absolute atomic E-state index is 0.0295. The molecule has 2 aliphatic carbocycles. The number of likely N-dealkylation sites (tertiary alicyclic amines) is 2. The summed E-state index contributed by atoms with van der Waals surface area (Å²) in [7, 11) is 0. The number of ether oxygens (including phenoxy) is 1. The second-order valence-electron chi connectivity index (χ2n) is 11.2. The molecule has 168 valence electrons. The predicted octanol–water partition coefficient (Wildman–Crippen LogP) is 0.388. The molecule has 3 saturated heterocycles. The molecular formula is C25H42N2O3+2. The van der Waals surface area contributed by atoms with E-state index in [1.165, 1.54) is 63.9 Å². The number of hydrogen-bond donors (Lipinski definition) is 3. The van der Waals surface area contributed by atoms with Crippen LogP contribution in [0.3, 0.4) is 0 Å². The molecule has 0 bridgehead atoms. The predicted molar refractivity (Wildman–Crippen MR) is 115 cm³/mol. The molecule has 5 aliphatic rings. The van der Waals surface area contributed by atoms with E-state index in [1.807, 2.05) is 4.90 Å². The number of fused-ring (bicyclic) bond motifs is 2. The first kappa shape index (κ1) is 21.0. The van der Waals surface area contributed by atoms with Crippen LogP contribution in [0.2, 0.25) is 0 Å². The highest BCUT2D eigenvalue weighted by molar-refractivity contribution is 5.76. The number of carbonyl (C=O) groups is 1. The number of piperidine rings is 2. The lowest BCUT2D eigenvalue weighted by atomic mass is 9.55. The minimum Gasteiger partial charge on any atom is -0.461 e. The molecule has 4 fully saturated rings. The molecule has 0 amide bonds. The number of allylic oxidation sites excluding steroid dienone is 1. The van der Waals surface area contributed by atoms with Gasteiger partial charge in [-0.3, -0.25) is 4.79 Å². The standard InChI is InChI=1S/C25H40N2O3/c1-17-7-6-8-18-15-21-22(23(28)25(17,18)2)20(24(29)30-21)16-26-13-9-19(10-14-26)27-11-4-3-5-12-27/h8,17,19-23,28H,3-7,9-16H2,1-2H3/p+2/t17-,20-,21-,22-,23+,25-/m1/s1. The van der Waals surface area contributed by atoms with Gasteiger partial charge in [-0.15, -0.1) is 0 Å². The van der Waals surface area contributed by atoms with Crippen molar-refractivity contribution >= 4 is 5.97 Å². The van der Waals surface area contributed by atoms with Crippen LogP contribution in [0.5, 0.6) is 0 Å². The molecule has 6 atom stereocenters. The summed E-state index contributed by atoms with van der Waals surface area (Å²) in [6.45, 7) is 10.4. The summed E-state index contributed by atoms with van der Waals surface area (Å²) < 4.78 is 5.88. The number of carbonyl (C=O) groups excluding carboxylic acids is 1. The summed E-state index contributed by atoms with van der Waals surface area (Å²) in [5.74, 6) is 0.251. The first-order chi connectivity index (χ1) is 14.5. The zero-order valence-electron chi connectivity index (χ0n) is 19.0. The third-order valence-electron chi connectivity index (χ3n) is 9.84. The Balaban J connectivity index is 1.25. The molecule has 0 radical (unpaired) electrons. The van der Waals surface area contributed by atoms with Crippen LogP contribution in [0.15, 0.2) is 11.6 Å². The van der Waals surface area contributed by atoms with Gasteiger partial charge in [-0.2, -0.15) is 0 Å². The van der Waals surface area contributed by atoms with Crippen LogP contribution in [0.1, 0.15) is 65.2 Å². The fourth-order valence-electron chi connectivity index (χ4n) is 7.66. The van der Waals surface area contributed by atoms with Crippen molar-refractivity contribution in [2.45, 2.75) is 83.5 Å². The Morgan fingerprint density at radius 2 is 1.87 bits per heavy atom. The second kappa shape index (κ2) is 8.22. The van der Waals surface area contributed by atoms with Crippen molar-refractivity contribution in [2.75, 3.05) is 32.7 Å². The zero-order valence-corrected chi connectivity index (χ0v) is 19.0. The lowest BCUT2D eigenvalue weighted by molar-refractivity contribution is -0.961. The molecule has 0 aromatic heterocycles. The van der Waals surface area contributed by atoms with Crippen LogP contribution in [0, 0.1) is 23.2 Å². The van der Waals surface area contributed by atoms with E-state index >= 15 is 0 Å². The van der Waals surface area contributed by atoms with E-state index in [-0.39, 0.29) is 29.3 Å². The summed E-state index contributed by atoms with van der Waals surface area (Å²) >= 11 is 0. The molecule has 5 rings (SSSR count). The zero-order chi connectivity index (χ0) is 20.9. The number of hydrogen-bond acceptors (Lipinski definition) is 3. The number of aliphatic hydroxyl groups is 1. The average Bonchev–Trinajstić information content (AvgIpc) is 3.07. The molecule has 3 heterocycles. The summed E-state index contributed by atoms with van der Waals surface area (Å²) in [5, 5.41) is 11.5. The largest absolute Gasteiger partial charge is 0.461 e. The van der Waals surface area contributed by atoms with Crippen LogP contribution >= 0.6 is 0 Å². The number of nitrogens with one attached hydrogen (secondary N) is 2. The maximum Gasteiger partial charge on any atom is 0.315 e. The maximum absolute atomic E-state index is 12.9. The fraction of sp³-hybridized carbons (Fsp3) is 0.880. The number of esters is 1. The maximum atomic E-state index is 12.9. The second-order valence-corrected chi connectivity index (χ2v) is 11.2. The lowest BCUT2D eigenvalue weighted by Gasteiger charge is -2.51. The molecule has 30 heavy (non-hydrogen) atoms. The van der Waals surface area contributed by atoms with E-state index in [1.54, 1.807) is 4.90 Å². The van der Waals surface area contributed by atoms with Gasteiger partial charge in [0, 0.05) is 30.6 Å². The van der Waals surface area contributed by atoms with Crippen molar-refractivity contribution < 1.29 is 24.4 Å². The Morgan fingerprint density at radius 3 is 2.60 bits per heavy atom. The van der Waals surface area contributed by atoms with Crippen LogP contribution in [-0.2, 0) is 9.53 Å². The number of quaternary nitrogens is 2. The van der Waals surface area contributed by atoms with Gasteiger partial charge < -0.3 is 19.6 Å². The van der Waals surface area contributed by atoms with Crippen molar-refractivity contribution in [1.82, 2.24) is 0 Å². The van der Waals surface area contributed by atoms with E-state index < -0.39 is 6.10 Å². The van der Waals surface area contributed by atoms with Crippen molar-refractivity contribution in [1.29, 1.82) is 0 Å². The summed E-state index contributed by atoms with van der Waals surface area (Å²) in [5.41, 5.74) is 1.15. The molecule has 0 aromatic rings. The molecule has 1 saturated carbocycles. The Bertz CT molecular complexity index is 680. The van der Waals surface area contributed by atoms with Gasteiger partial charge in [0.15, 0.2) is 0 Å². The number of aliphatic hydroxyl groups excluding tert-OH is 1. The first-order valence-electron chi connectivity index (χ1n) is 12.7. The van der Waals surface area contributed by atoms with Crippen molar-refractivity contribution in [3.8, 4) is 0 Å². The van der Waals surface area contributed by atoms with E-state index in [0.29, 0.717) is 5.92 Å². The molecule has 5 heteroatoms. The molecule has 0 aromatic carbocycles. The van der Waals surface area contributed by atoms with Crippen LogP contribution < -0.4 is 9.80 Å². The molecule has 3 N–H and O–H groups in total. The summed E-state index contributed by atoms with van der Waals surface area (Å²) in [6, 6.07) is 0.826. The minimum atomic E-state index is -0.469. The van der Waals surface area contributed by atoms with Crippen LogP contribution in [0.25, 0.3) is 0 Å². The fourth-order valence-corrected chi connectivity index (χ4v) is 7.66. The Labute approximate surface area is 181 Å². The van der Waals surface area contributed by atoms with Gasteiger partial charge in [-0.25, -0.2) is 0 Å². The SMILES string of the molecule is C[C@@H]1CCC=C2C[C@H]3OC(=O)[C@H](C[NH+]4CCC([NH+]5CCCCC5)CC4)[C@H]3[C@H](O)[C@@]21C. The van der Waals surface area contributed by atoms with E-state index in [4.69, 9.17) is 4.74 Å². The van der Waals surface area contributed by atoms with Crippen LogP contribution in [-0.4, -0.2) is 62.0 Å². The van der Waals surface area contributed by atoms with Gasteiger partial charge in [0.1, 0.15) is 12.0 Å². The first-order valence-corrected chi connectivity index (χ1v) is 12.7. The Morgan fingerprint density at radius 1 is 1.13 bits per heavy atom. The normalized spacial score (nSPS) is 47.2. The number of rotatable bonds is 3. The third kappa shape index (κ3) is 3.45. The molecular weight excluding hydrogens is 376 g/mol. The van der Waals surface area contributed by atoms with E-state index in [9.17, 15) is 9.90 Å². The lowest BCUT2D eigenvalue weighted by Crippen LogP contribution is -3.21. The molecule has 5 nitrogen and oxygen atoms in total. The molecule has 0 spiro atoms. The molecule has 0 unspecified atom stereocenters. The third-order valence-corrected chi connectivity index (χ3v) is 9.84. The summed E-state index contributed by atoms with van der Waals surface area (Å²) in [6.07, 6.45) is 11.6. The highest BCUT2D eigenvalue weighted by atomic mass is 16.6. The summed E-state index contributed by atoms with van der Waals surface area (Å²) in [4.78, 5) is 16.3. The van der Waals surface area contributed by atoms with Gasteiger partial charge in [0.2, 0.25) is 0 Å². The molecule has 3 aliphatic heterocycles. The van der Waals surface area contributed by atoms with Crippen molar-refractivity contribution in [3.63, 3.8) is 0 Å².